The van der Waals surface area contributed by atoms with Crippen LogP contribution < -0.4 is 0 Å². The Bertz CT molecular complexity index is 728. The van der Waals surface area contributed by atoms with Crippen LogP contribution in [0.25, 0.3) is 11.1 Å². The SMILES string of the molecule is CCC[Si]1CCC(c2ccc(-c3cc(F)c(F)c(F)c3)c(F)c2)CC1. The molecule has 0 saturated carbocycles. The summed E-state index contributed by atoms with van der Waals surface area (Å²) in [7, 11) is -0.225. The fourth-order valence-electron chi connectivity index (χ4n) is 3.69. The highest BCUT2D eigenvalue weighted by Crippen LogP contribution is 2.36. The molecule has 5 heteroatoms. The van der Waals surface area contributed by atoms with Crippen molar-refractivity contribution < 1.29 is 17.6 Å². The molecule has 0 amide bonds. The first-order valence-electron chi connectivity index (χ1n) is 8.77. The van der Waals surface area contributed by atoms with E-state index in [-0.39, 0.29) is 19.9 Å². The number of hydrogen-bond acceptors (Lipinski definition) is 0. The summed E-state index contributed by atoms with van der Waals surface area (Å²) >= 11 is 0. The minimum absolute atomic E-state index is 0.0116. The van der Waals surface area contributed by atoms with Crippen molar-refractivity contribution in [3.8, 4) is 11.1 Å². The molecule has 0 atom stereocenters. The maximum absolute atomic E-state index is 14.5. The summed E-state index contributed by atoms with van der Waals surface area (Å²) in [5, 5.41) is 0. The zero-order valence-electron chi connectivity index (χ0n) is 14.2. The first-order valence-corrected chi connectivity index (χ1v) is 10.9. The normalized spacial score (nSPS) is 16.4. The molecular weight excluding hydrogens is 344 g/mol. The molecule has 0 bridgehead atoms. The third-order valence-corrected chi connectivity index (χ3v) is 8.25. The van der Waals surface area contributed by atoms with Crippen LogP contribution in [0.4, 0.5) is 17.6 Å². The number of hydrogen-bond donors (Lipinski definition) is 0. The van der Waals surface area contributed by atoms with E-state index in [2.05, 4.69) is 6.92 Å². The van der Waals surface area contributed by atoms with Crippen molar-refractivity contribution >= 4 is 8.80 Å². The van der Waals surface area contributed by atoms with E-state index in [1.165, 1.54) is 30.6 Å². The molecule has 1 fully saturated rings. The van der Waals surface area contributed by atoms with Gasteiger partial charge in [-0.25, -0.2) is 17.6 Å². The molecule has 1 aliphatic heterocycles. The molecule has 0 N–H and O–H groups in total. The van der Waals surface area contributed by atoms with Crippen LogP contribution in [-0.4, -0.2) is 8.80 Å². The van der Waals surface area contributed by atoms with E-state index in [0.717, 1.165) is 30.5 Å². The Kier molecular flexibility index (Phi) is 5.62. The van der Waals surface area contributed by atoms with Gasteiger partial charge < -0.3 is 0 Å². The molecule has 1 heterocycles. The van der Waals surface area contributed by atoms with Crippen LogP contribution in [0.15, 0.2) is 30.3 Å². The second-order valence-corrected chi connectivity index (χ2v) is 9.77. The third-order valence-electron chi connectivity index (χ3n) is 5.06. The standard InChI is InChI=1S/C20H21F4Si/c1-2-7-25-8-5-13(6-9-25)14-3-4-16(17(21)10-14)15-11-18(22)20(24)19(23)12-15/h3-4,10-13H,2,5-9H2,1H3. The predicted octanol–water partition coefficient (Wildman–Crippen LogP) is 6.69. The molecule has 3 rings (SSSR count). The Labute approximate surface area is 147 Å². The molecule has 1 saturated heterocycles. The van der Waals surface area contributed by atoms with Crippen LogP contribution in [0.2, 0.25) is 18.1 Å². The summed E-state index contributed by atoms with van der Waals surface area (Å²) in [5.41, 5.74) is 1.05. The average Bonchev–Trinajstić information content (AvgIpc) is 2.60. The molecule has 1 radical (unpaired) electrons. The van der Waals surface area contributed by atoms with Gasteiger partial charge in [-0.3, -0.25) is 0 Å². The topological polar surface area (TPSA) is 0 Å². The van der Waals surface area contributed by atoms with Gasteiger partial charge in [0, 0.05) is 14.4 Å². The summed E-state index contributed by atoms with van der Waals surface area (Å²) in [4.78, 5) is 0. The van der Waals surface area contributed by atoms with Gasteiger partial charge in [0.15, 0.2) is 17.5 Å². The molecule has 0 unspecified atom stereocenters. The van der Waals surface area contributed by atoms with Crippen LogP contribution >= 0.6 is 0 Å². The Morgan fingerprint density at radius 1 is 0.920 bits per heavy atom. The van der Waals surface area contributed by atoms with Crippen molar-refractivity contribution in [2.24, 2.45) is 0 Å². The zero-order valence-corrected chi connectivity index (χ0v) is 15.2. The largest absolute Gasteiger partial charge is 0.206 e. The predicted molar refractivity (Wildman–Crippen MR) is 94.2 cm³/mol. The highest BCUT2D eigenvalue weighted by Gasteiger charge is 2.24. The zero-order chi connectivity index (χ0) is 18.0. The van der Waals surface area contributed by atoms with E-state index in [4.69, 9.17) is 0 Å². The quantitative estimate of drug-likeness (QED) is 0.321. The van der Waals surface area contributed by atoms with Crippen molar-refractivity contribution in [2.45, 2.75) is 50.2 Å². The van der Waals surface area contributed by atoms with Gasteiger partial charge in [0.2, 0.25) is 0 Å². The second-order valence-electron chi connectivity index (χ2n) is 6.77. The summed E-state index contributed by atoms with van der Waals surface area (Å²) in [6, 6.07) is 10.4. The lowest BCUT2D eigenvalue weighted by atomic mass is 9.91. The van der Waals surface area contributed by atoms with Crippen LogP contribution in [0.1, 0.15) is 37.7 Å². The molecular formula is C20H21F4Si. The highest BCUT2D eigenvalue weighted by atomic mass is 28.3. The second kappa shape index (κ2) is 7.73. The van der Waals surface area contributed by atoms with Crippen LogP contribution in [-0.2, 0) is 0 Å². The fourth-order valence-corrected chi connectivity index (χ4v) is 6.66. The van der Waals surface area contributed by atoms with Crippen molar-refractivity contribution in [3.05, 3.63) is 59.2 Å². The monoisotopic (exact) mass is 365 g/mol. The van der Waals surface area contributed by atoms with E-state index in [1.54, 1.807) is 6.07 Å². The first kappa shape index (κ1) is 18.2. The first-order chi connectivity index (χ1) is 12.0. The van der Waals surface area contributed by atoms with Crippen LogP contribution in [0.5, 0.6) is 0 Å². The smallest absolute Gasteiger partial charge is 0.194 e. The number of benzene rings is 2. The highest BCUT2D eigenvalue weighted by molar-refractivity contribution is 6.59. The minimum Gasteiger partial charge on any atom is -0.206 e. The molecule has 0 nitrogen and oxygen atoms in total. The van der Waals surface area contributed by atoms with Crippen LogP contribution in [0, 0.1) is 23.3 Å². The van der Waals surface area contributed by atoms with Gasteiger partial charge in [0.25, 0.3) is 0 Å². The van der Waals surface area contributed by atoms with Gasteiger partial charge in [0.1, 0.15) is 5.82 Å². The summed E-state index contributed by atoms with van der Waals surface area (Å²) in [5.74, 6) is -4.32. The van der Waals surface area contributed by atoms with Crippen molar-refractivity contribution in [1.82, 2.24) is 0 Å². The summed E-state index contributed by atoms with van der Waals surface area (Å²) in [6.07, 6.45) is 3.42. The van der Waals surface area contributed by atoms with Gasteiger partial charge in [0.05, 0.1) is 0 Å². The van der Waals surface area contributed by atoms with E-state index in [0.29, 0.717) is 5.92 Å². The van der Waals surface area contributed by atoms with Gasteiger partial charge in [-0.05, 0) is 48.1 Å². The number of halogens is 4. The maximum Gasteiger partial charge on any atom is 0.194 e. The van der Waals surface area contributed by atoms with Gasteiger partial charge >= 0.3 is 0 Å². The number of rotatable bonds is 4. The maximum atomic E-state index is 14.5. The molecule has 2 aromatic carbocycles. The molecule has 0 aromatic heterocycles. The molecule has 0 aliphatic carbocycles. The Balaban J connectivity index is 1.80. The molecule has 133 valence electrons. The van der Waals surface area contributed by atoms with E-state index >= 15 is 0 Å². The van der Waals surface area contributed by atoms with Gasteiger partial charge in [-0.2, -0.15) is 0 Å². The minimum atomic E-state index is -1.53. The summed E-state index contributed by atoms with van der Waals surface area (Å²) < 4.78 is 54.4. The average molecular weight is 365 g/mol. The Morgan fingerprint density at radius 2 is 1.56 bits per heavy atom. The van der Waals surface area contributed by atoms with Crippen molar-refractivity contribution in [1.29, 1.82) is 0 Å². The van der Waals surface area contributed by atoms with Crippen LogP contribution in [0.3, 0.4) is 0 Å². The van der Waals surface area contributed by atoms with Crippen molar-refractivity contribution in [2.75, 3.05) is 0 Å². The molecule has 25 heavy (non-hydrogen) atoms. The molecule has 2 aromatic rings. The van der Waals surface area contributed by atoms with Gasteiger partial charge in [-0.1, -0.05) is 43.6 Å². The fraction of sp³-hybridized carbons (Fsp3) is 0.400. The molecule has 1 aliphatic rings. The Hall–Kier alpha value is -1.62. The lowest BCUT2D eigenvalue weighted by molar-refractivity contribution is 0.447. The van der Waals surface area contributed by atoms with E-state index in [1.807, 2.05) is 6.07 Å². The lowest BCUT2D eigenvalue weighted by Crippen LogP contribution is -2.20. The Morgan fingerprint density at radius 3 is 2.12 bits per heavy atom. The van der Waals surface area contributed by atoms with Gasteiger partial charge in [-0.15, -0.1) is 0 Å². The van der Waals surface area contributed by atoms with Crippen molar-refractivity contribution in [3.63, 3.8) is 0 Å². The van der Waals surface area contributed by atoms with E-state index < -0.39 is 23.3 Å². The third kappa shape index (κ3) is 3.97. The lowest BCUT2D eigenvalue weighted by Gasteiger charge is -2.27. The van der Waals surface area contributed by atoms with E-state index in [9.17, 15) is 17.6 Å². The molecule has 0 spiro atoms. The summed E-state index contributed by atoms with van der Waals surface area (Å²) in [6.45, 7) is 2.22.